The molecule has 5 heterocycles. The normalized spacial score (nSPS) is 17.2. The van der Waals surface area contributed by atoms with Gasteiger partial charge in [0.05, 0.1) is 29.7 Å². The number of nitrogens with one attached hydrogen (secondary N) is 1. The molecular formula is C29H32FN9. The van der Waals surface area contributed by atoms with Crippen molar-refractivity contribution < 1.29 is 4.39 Å². The largest absolute Gasteiger partial charge is 0.309 e. The van der Waals surface area contributed by atoms with Crippen molar-refractivity contribution in [2.24, 2.45) is 7.05 Å². The van der Waals surface area contributed by atoms with E-state index in [1.165, 1.54) is 11.8 Å². The van der Waals surface area contributed by atoms with Crippen LogP contribution in [0.15, 0.2) is 36.5 Å². The van der Waals surface area contributed by atoms with Crippen LogP contribution in [-0.4, -0.2) is 66.8 Å². The Balaban J connectivity index is 1.24. The predicted molar refractivity (Wildman–Crippen MR) is 148 cm³/mol. The first-order valence-electron chi connectivity index (χ1n) is 13.3. The van der Waals surface area contributed by atoms with Crippen molar-refractivity contribution in [3.63, 3.8) is 0 Å². The number of anilines is 2. The molecule has 0 spiro atoms. The Kier molecular flexibility index (Phi) is 6.28. The Hall–Kier alpha value is -3.94. The number of aryl methyl sites for hydroxylation is 1. The highest BCUT2D eigenvalue weighted by Gasteiger charge is 2.46. The summed E-state index contributed by atoms with van der Waals surface area (Å²) in [6.07, 6.45) is 2.54. The van der Waals surface area contributed by atoms with Crippen LogP contribution < -0.4 is 5.32 Å². The fourth-order valence-electron chi connectivity index (χ4n) is 6.21. The highest BCUT2D eigenvalue weighted by Crippen LogP contribution is 2.35. The lowest BCUT2D eigenvalue weighted by atomic mass is 9.83. The number of hydrogen-bond acceptors (Lipinski definition) is 8. The number of rotatable bonds is 6. The minimum atomic E-state index is -0.485. The van der Waals surface area contributed by atoms with Crippen molar-refractivity contribution in [1.82, 2.24) is 34.5 Å². The SMILES string of the molecule is CC(C)c1c2cc(-c3nc(Nc4ccc5c(n4)CCN(C4(CC#N)CN(C)C4)C5)ncc3F)ccc2nn1C. The summed E-state index contributed by atoms with van der Waals surface area (Å²) in [6, 6.07) is 12.1. The number of nitrogens with zero attached hydrogens (tertiary/aromatic N) is 8. The highest BCUT2D eigenvalue weighted by atomic mass is 19.1. The summed E-state index contributed by atoms with van der Waals surface area (Å²) in [5.74, 6) is 0.704. The van der Waals surface area contributed by atoms with Gasteiger partial charge in [-0.25, -0.2) is 19.3 Å². The van der Waals surface area contributed by atoms with E-state index in [1.807, 2.05) is 36.0 Å². The van der Waals surface area contributed by atoms with Gasteiger partial charge in [-0.05, 0) is 36.7 Å². The molecule has 1 N–H and O–H groups in total. The van der Waals surface area contributed by atoms with Gasteiger partial charge in [-0.15, -0.1) is 0 Å². The lowest BCUT2D eigenvalue weighted by Gasteiger charge is -2.55. The summed E-state index contributed by atoms with van der Waals surface area (Å²) < 4.78 is 16.8. The van der Waals surface area contributed by atoms with Gasteiger partial charge < -0.3 is 10.2 Å². The Labute approximate surface area is 227 Å². The number of halogens is 1. The Morgan fingerprint density at radius 3 is 2.72 bits per heavy atom. The fourth-order valence-corrected chi connectivity index (χ4v) is 6.21. The molecule has 6 rings (SSSR count). The third kappa shape index (κ3) is 4.51. The van der Waals surface area contributed by atoms with Gasteiger partial charge in [-0.2, -0.15) is 10.4 Å². The smallest absolute Gasteiger partial charge is 0.229 e. The molecule has 9 nitrogen and oxygen atoms in total. The fraction of sp³-hybridized carbons (Fsp3) is 0.414. The van der Waals surface area contributed by atoms with Crippen molar-refractivity contribution in [3.05, 3.63) is 59.3 Å². The van der Waals surface area contributed by atoms with E-state index in [9.17, 15) is 9.65 Å². The van der Waals surface area contributed by atoms with Crippen molar-refractivity contribution in [3.8, 4) is 17.3 Å². The summed E-state index contributed by atoms with van der Waals surface area (Å²) in [5, 5.41) is 18.1. The lowest BCUT2D eigenvalue weighted by Crippen LogP contribution is -2.69. The van der Waals surface area contributed by atoms with Crippen molar-refractivity contribution >= 4 is 22.7 Å². The van der Waals surface area contributed by atoms with E-state index in [0.29, 0.717) is 17.8 Å². The average molecular weight is 526 g/mol. The number of likely N-dealkylation sites (tertiary alicyclic amines) is 1. The Bertz CT molecular complexity index is 1600. The molecule has 200 valence electrons. The zero-order valence-electron chi connectivity index (χ0n) is 22.7. The number of fused-ring (bicyclic) bond motifs is 2. The third-order valence-electron chi connectivity index (χ3n) is 7.94. The van der Waals surface area contributed by atoms with Gasteiger partial charge in [-0.1, -0.05) is 26.0 Å². The molecular weight excluding hydrogens is 493 g/mol. The quantitative estimate of drug-likeness (QED) is 0.396. The second kappa shape index (κ2) is 9.67. The van der Waals surface area contributed by atoms with Crippen LogP contribution in [0.25, 0.3) is 22.2 Å². The standard InChI is InChI=1S/C29H32FN9/c1-18(2)27-21-13-19(5-7-24(21)36-38(27)4)26-22(30)14-32-28(35-26)34-25-8-6-20-15-39(12-9-23(20)33-25)29(10-11-31)16-37(3)17-29/h5-8,13-14,18H,9-10,12,15-17H2,1-4H3,(H,32,33,34,35). The summed E-state index contributed by atoms with van der Waals surface area (Å²) in [7, 11) is 4.03. The van der Waals surface area contributed by atoms with Crippen LogP contribution in [0, 0.1) is 17.1 Å². The first-order chi connectivity index (χ1) is 18.8. The number of pyridine rings is 1. The van der Waals surface area contributed by atoms with Crippen molar-refractivity contribution in [1.29, 1.82) is 5.26 Å². The molecule has 10 heteroatoms. The van der Waals surface area contributed by atoms with E-state index < -0.39 is 5.82 Å². The molecule has 2 aliphatic rings. The number of hydrogen-bond donors (Lipinski definition) is 1. The van der Waals surface area contributed by atoms with E-state index in [-0.39, 0.29) is 23.1 Å². The average Bonchev–Trinajstić information content (AvgIpc) is 3.23. The van der Waals surface area contributed by atoms with Crippen LogP contribution in [-0.2, 0) is 20.0 Å². The molecule has 39 heavy (non-hydrogen) atoms. The second-order valence-corrected chi connectivity index (χ2v) is 11.1. The second-order valence-electron chi connectivity index (χ2n) is 11.1. The topological polar surface area (TPSA) is 98.8 Å². The molecule has 1 saturated heterocycles. The maximum atomic E-state index is 14.9. The van der Waals surface area contributed by atoms with Gasteiger partial charge in [0.25, 0.3) is 0 Å². The van der Waals surface area contributed by atoms with E-state index >= 15 is 0 Å². The summed E-state index contributed by atoms with van der Waals surface area (Å²) >= 11 is 0. The molecule has 3 aromatic heterocycles. The molecule has 0 atom stereocenters. The minimum absolute atomic E-state index is 0.0643. The predicted octanol–water partition coefficient (Wildman–Crippen LogP) is 4.39. The number of nitriles is 1. The molecule has 0 radical (unpaired) electrons. The van der Waals surface area contributed by atoms with Crippen LogP contribution in [0.3, 0.4) is 0 Å². The molecule has 0 unspecified atom stereocenters. The number of aromatic nitrogens is 5. The van der Waals surface area contributed by atoms with Gasteiger partial charge in [0.2, 0.25) is 5.95 Å². The molecule has 1 fully saturated rings. The molecule has 0 bridgehead atoms. The number of benzene rings is 1. The van der Waals surface area contributed by atoms with Gasteiger partial charge in [0.1, 0.15) is 11.5 Å². The van der Waals surface area contributed by atoms with Crippen LogP contribution in [0.5, 0.6) is 0 Å². The first kappa shape index (κ1) is 25.3. The molecule has 4 aromatic rings. The Morgan fingerprint density at radius 2 is 1.97 bits per heavy atom. The van der Waals surface area contributed by atoms with Gasteiger partial charge >= 0.3 is 0 Å². The van der Waals surface area contributed by atoms with E-state index in [1.54, 1.807) is 0 Å². The molecule has 0 aliphatic carbocycles. The van der Waals surface area contributed by atoms with Crippen molar-refractivity contribution in [2.45, 2.75) is 44.7 Å². The number of likely N-dealkylation sites (N-methyl/N-ethyl adjacent to an activating group) is 1. The monoisotopic (exact) mass is 525 g/mol. The first-order valence-corrected chi connectivity index (χ1v) is 13.3. The Morgan fingerprint density at radius 1 is 1.15 bits per heavy atom. The molecule has 2 aliphatic heterocycles. The summed E-state index contributed by atoms with van der Waals surface area (Å²) in [6.45, 7) is 7.72. The minimum Gasteiger partial charge on any atom is -0.309 e. The zero-order valence-corrected chi connectivity index (χ0v) is 22.7. The van der Waals surface area contributed by atoms with Gasteiger partial charge in [-0.3, -0.25) is 9.58 Å². The van der Waals surface area contributed by atoms with Crippen LogP contribution in [0.1, 0.15) is 43.1 Å². The third-order valence-corrected chi connectivity index (χ3v) is 7.94. The highest BCUT2D eigenvalue weighted by molar-refractivity contribution is 5.86. The van der Waals surface area contributed by atoms with E-state index in [2.05, 4.69) is 63.2 Å². The van der Waals surface area contributed by atoms with Crippen LogP contribution in [0.4, 0.5) is 16.2 Å². The van der Waals surface area contributed by atoms with Crippen molar-refractivity contribution in [2.75, 3.05) is 32.0 Å². The van der Waals surface area contributed by atoms with Crippen LogP contribution >= 0.6 is 0 Å². The maximum Gasteiger partial charge on any atom is 0.229 e. The maximum absolute atomic E-state index is 14.9. The molecule has 1 aromatic carbocycles. The van der Waals surface area contributed by atoms with Crippen LogP contribution in [0.2, 0.25) is 0 Å². The summed E-state index contributed by atoms with van der Waals surface area (Å²) in [4.78, 5) is 18.2. The van der Waals surface area contributed by atoms with E-state index in [0.717, 1.165) is 54.9 Å². The molecule has 0 saturated carbocycles. The zero-order chi connectivity index (χ0) is 27.3. The lowest BCUT2D eigenvalue weighted by molar-refractivity contribution is -0.0471. The van der Waals surface area contributed by atoms with Gasteiger partial charge in [0, 0.05) is 62.0 Å². The summed E-state index contributed by atoms with van der Waals surface area (Å²) in [5.41, 5.74) is 5.01. The molecule has 0 amide bonds. The van der Waals surface area contributed by atoms with Gasteiger partial charge in [0.15, 0.2) is 5.82 Å². The van der Waals surface area contributed by atoms with E-state index in [4.69, 9.17) is 4.98 Å².